The fraction of sp³-hybridized carbons (Fsp3) is 0.400. The minimum Gasteiger partial charge on any atom is -0.399 e. The van der Waals surface area contributed by atoms with Gasteiger partial charge in [-0.2, -0.15) is 0 Å². The van der Waals surface area contributed by atoms with Gasteiger partial charge in [-0.25, -0.2) is 0 Å². The summed E-state index contributed by atoms with van der Waals surface area (Å²) in [5, 5.41) is 8.80. The van der Waals surface area contributed by atoms with E-state index < -0.39 is 0 Å². The summed E-state index contributed by atoms with van der Waals surface area (Å²) in [5.41, 5.74) is 15.1. The summed E-state index contributed by atoms with van der Waals surface area (Å²) in [5.74, 6) is 0. The van der Waals surface area contributed by atoms with Crippen molar-refractivity contribution in [2.24, 2.45) is 0 Å². The molecule has 0 atom stereocenters. The highest BCUT2D eigenvalue weighted by molar-refractivity contribution is 5.61. The van der Waals surface area contributed by atoms with E-state index in [1.54, 1.807) is 0 Å². The molecule has 0 fully saturated rings. The number of aryl methyl sites for hydroxylation is 1. The van der Waals surface area contributed by atoms with Crippen LogP contribution in [-0.2, 0) is 12.8 Å². The van der Waals surface area contributed by atoms with Crippen molar-refractivity contribution in [3.63, 3.8) is 0 Å². The van der Waals surface area contributed by atoms with Crippen LogP contribution in [-0.4, -0.2) is 11.7 Å². The molecule has 0 aromatic heterocycles. The van der Waals surface area contributed by atoms with Gasteiger partial charge < -0.3 is 16.6 Å². The Kier molecular flexibility index (Phi) is 3.14. The topological polar surface area (TPSA) is 72.3 Å². The lowest BCUT2D eigenvalue weighted by Crippen LogP contribution is -2.03. The number of aliphatic hydroxyl groups excluding tert-OH is 1. The van der Waals surface area contributed by atoms with Crippen molar-refractivity contribution in [2.45, 2.75) is 19.8 Å². The van der Waals surface area contributed by atoms with Crippen molar-refractivity contribution < 1.29 is 5.11 Å². The zero-order valence-corrected chi connectivity index (χ0v) is 7.88. The highest BCUT2D eigenvalue weighted by Gasteiger charge is 2.04. The van der Waals surface area contributed by atoms with Gasteiger partial charge in [0.1, 0.15) is 0 Å². The van der Waals surface area contributed by atoms with Gasteiger partial charge in [0.2, 0.25) is 0 Å². The quantitative estimate of drug-likeness (QED) is 0.606. The SMILES string of the molecule is CCc1cc(N)cc(CCO)c1N. The van der Waals surface area contributed by atoms with E-state index in [1.165, 1.54) is 0 Å². The Labute approximate surface area is 78.4 Å². The van der Waals surface area contributed by atoms with Crippen LogP contribution in [0.2, 0.25) is 0 Å². The summed E-state index contributed by atoms with van der Waals surface area (Å²) in [7, 11) is 0. The molecule has 0 heterocycles. The summed E-state index contributed by atoms with van der Waals surface area (Å²) in [6, 6.07) is 3.71. The Balaban J connectivity index is 3.11. The summed E-state index contributed by atoms with van der Waals surface area (Å²) in [4.78, 5) is 0. The first kappa shape index (κ1) is 9.86. The van der Waals surface area contributed by atoms with E-state index in [-0.39, 0.29) is 6.61 Å². The first-order valence-corrected chi connectivity index (χ1v) is 4.46. The summed E-state index contributed by atoms with van der Waals surface area (Å²) < 4.78 is 0. The molecule has 5 N–H and O–H groups in total. The smallest absolute Gasteiger partial charge is 0.0472 e. The zero-order valence-electron chi connectivity index (χ0n) is 7.88. The van der Waals surface area contributed by atoms with Gasteiger partial charge in [-0.15, -0.1) is 0 Å². The summed E-state index contributed by atoms with van der Waals surface area (Å²) >= 11 is 0. The van der Waals surface area contributed by atoms with Crippen molar-refractivity contribution in [1.82, 2.24) is 0 Å². The van der Waals surface area contributed by atoms with E-state index in [0.717, 1.165) is 28.9 Å². The number of nitrogens with two attached hydrogens (primary N) is 2. The Morgan fingerprint density at radius 2 is 1.85 bits per heavy atom. The molecule has 3 heteroatoms. The summed E-state index contributed by atoms with van der Waals surface area (Å²) in [6.07, 6.45) is 1.44. The monoisotopic (exact) mass is 180 g/mol. The Morgan fingerprint density at radius 3 is 2.38 bits per heavy atom. The van der Waals surface area contributed by atoms with Crippen molar-refractivity contribution in [1.29, 1.82) is 0 Å². The highest BCUT2D eigenvalue weighted by atomic mass is 16.2. The van der Waals surface area contributed by atoms with Gasteiger partial charge in [-0.05, 0) is 36.1 Å². The lowest BCUT2D eigenvalue weighted by molar-refractivity contribution is 0.300. The molecule has 0 radical (unpaired) electrons. The zero-order chi connectivity index (χ0) is 9.84. The van der Waals surface area contributed by atoms with E-state index in [1.807, 2.05) is 19.1 Å². The van der Waals surface area contributed by atoms with Gasteiger partial charge in [0, 0.05) is 18.0 Å². The largest absolute Gasteiger partial charge is 0.399 e. The minimum absolute atomic E-state index is 0.108. The molecule has 0 bridgehead atoms. The predicted molar refractivity (Wildman–Crippen MR) is 55.4 cm³/mol. The van der Waals surface area contributed by atoms with Crippen LogP contribution in [0, 0.1) is 0 Å². The van der Waals surface area contributed by atoms with Crippen LogP contribution in [0.5, 0.6) is 0 Å². The van der Waals surface area contributed by atoms with Crippen molar-refractivity contribution in [3.05, 3.63) is 23.3 Å². The fourth-order valence-corrected chi connectivity index (χ4v) is 1.43. The standard InChI is InChI=1S/C10H16N2O/c1-2-7-5-9(11)6-8(3-4-13)10(7)12/h5-6,13H,2-4,11-12H2,1H3. The minimum atomic E-state index is 0.108. The molecular weight excluding hydrogens is 164 g/mol. The average molecular weight is 180 g/mol. The van der Waals surface area contributed by atoms with Gasteiger partial charge in [0.15, 0.2) is 0 Å². The van der Waals surface area contributed by atoms with Crippen LogP contribution >= 0.6 is 0 Å². The molecule has 0 saturated heterocycles. The number of benzene rings is 1. The van der Waals surface area contributed by atoms with E-state index >= 15 is 0 Å². The van der Waals surface area contributed by atoms with E-state index in [9.17, 15) is 0 Å². The fourth-order valence-electron chi connectivity index (χ4n) is 1.43. The first-order chi connectivity index (χ1) is 6.19. The third kappa shape index (κ3) is 2.12. The average Bonchev–Trinajstić information content (AvgIpc) is 2.11. The molecule has 13 heavy (non-hydrogen) atoms. The van der Waals surface area contributed by atoms with Crippen molar-refractivity contribution >= 4 is 11.4 Å². The van der Waals surface area contributed by atoms with Crippen LogP contribution in [0.4, 0.5) is 11.4 Å². The van der Waals surface area contributed by atoms with Crippen LogP contribution in [0.25, 0.3) is 0 Å². The molecule has 0 unspecified atom stereocenters. The van der Waals surface area contributed by atoms with Crippen molar-refractivity contribution in [2.75, 3.05) is 18.1 Å². The Bertz CT molecular complexity index is 297. The second-order valence-corrected chi connectivity index (χ2v) is 3.08. The van der Waals surface area contributed by atoms with Gasteiger partial charge in [0.25, 0.3) is 0 Å². The molecule has 3 nitrogen and oxygen atoms in total. The first-order valence-electron chi connectivity index (χ1n) is 4.46. The second-order valence-electron chi connectivity index (χ2n) is 3.08. The maximum atomic E-state index is 8.80. The maximum absolute atomic E-state index is 8.80. The Hall–Kier alpha value is -1.22. The van der Waals surface area contributed by atoms with Gasteiger partial charge in [-0.1, -0.05) is 6.92 Å². The van der Waals surface area contributed by atoms with Crippen LogP contribution < -0.4 is 11.5 Å². The molecule has 0 spiro atoms. The molecule has 0 aliphatic rings. The van der Waals surface area contributed by atoms with E-state index in [0.29, 0.717) is 6.42 Å². The predicted octanol–water partition coefficient (Wildman–Crippen LogP) is 0.948. The van der Waals surface area contributed by atoms with E-state index in [2.05, 4.69) is 0 Å². The molecule has 1 aromatic carbocycles. The highest BCUT2D eigenvalue weighted by Crippen LogP contribution is 2.22. The summed E-state index contributed by atoms with van der Waals surface area (Å²) in [6.45, 7) is 2.14. The number of anilines is 2. The molecule has 1 rings (SSSR count). The van der Waals surface area contributed by atoms with Crippen LogP contribution in [0.15, 0.2) is 12.1 Å². The number of hydrogen-bond donors (Lipinski definition) is 3. The molecule has 0 aliphatic carbocycles. The number of rotatable bonds is 3. The van der Waals surface area contributed by atoms with Gasteiger partial charge in [-0.3, -0.25) is 0 Å². The third-order valence-electron chi connectivity index (χ3n) is 2.14. The molecule has 72 valence electrons. The molecule has 1 aromatic rings. The second kappa shape index (κ2) is 4.14. The molecule has 0 aliphatic heterocycles. The van der Waals surface area contributed by atoms with Gasteiger partial charge >= 0.3 is 0 Å². The molecular formula is C10H16N2O. The number of nitrogen functional groups attached to an aromatic ring is 2. The van der Waals surface area contributed by atoms with Crippen LogP contribution in [0.3, 0.4) is 0 Å². The lowest BCUT2D eigenvalue weighted by Gasteiger charge is -2.10. The number of hydrogen-bond acceptors (Lipinski definition) is 3. The molecule has 0 amide bonds. The number of aliphatic hydroxyl groups is 1. The lowest BCUT2D eigenvalue weighted by atomic mass is 10.0. The third-order valence-corrected chi connectivity index (χ3v) is 2.14. The van der Waals surface area contributed by atoms with Crippen molar-refractivity contribution in [3.8, 4) is 0 Å². The van der Waals surface area contributed by atoms with Crippen LogP contribution in [0.1, 0.15) is 18.1 Å². The maximum Gasteiger partial charge on any atom is 0.0472 e. The van der Waals surface area contributed by atoms with Gasteiger partial charge in [0.05, 0.1) is 0 Å². The Morgan fingerprint density at radius 1 is 1.23 bits per heavy atom. The normalized spacial score (nSPS) is 10.3. The van der Waals surface area contributed by atoms with E-state index in [4.69, 9.17) is 16.6 Å². The molecule has 0 saturated carbocycles.